The second kappa shape index (κ2) is 7.51. The van der Waals surface area contributed by atoms with Gasteiger partial charge in [0.15, 0.2) is 0 Å². The quantitative estimate of drug-likeness (QED) is 0.350. The summed E-state index contributed by atoms with van der Waals surface area (Å²) in [4.78, 5) is 11.8. The van der Waals surface area contributed by atoms with Crippen molar-refractivity contribution in [3.63, 3.8) is 0 Å². The molecule has 1 fully saturated rings. The van der Waals surface area contributed by atoms with Crippen LogP contribution in [0.4, 0.5) is 0 Å². The molecule has 0 spiro atoms. The average molecular weight is 262 g/mol. The highest BCUT2D eigenvalue weighted by Gasteiger charge is 2.19. The lowest BCUT2D eigenvalue weighted by molar-refractivity contribution is -0.118. The first-order chi connectivity index (χ1) is 9.02. The van der Waals surface area contributed by atoms with E-state index in [1.165, 1.54) is 0 Å². The van der Waals surface area contributed by atoms with Gasteiger partial charge in [0.05, 0.1) is 5.71 Å². The van der Waals surface area contributed by atoms with Gasteiger partial charge in [0.1, 0.15) is 5.84 Å². The molecule has 0 aromatic heterocycles. The van der Waals surface area contributed by atoms with Crippen LogP contribution in [0.5, 0.6) is 0 Å². The summed E-state index contributed by atoms with van der Waals surface area (Å²) in [6, 6.07) is 0. The predicted octanol–water partition coefficient (Wildman–Crippen LogP) is 1.77. The monoisotopic (exact) mass is 262 g/mol. The minimum absolute atomic E-state index is 0.0239. The van der Waals surface area contributed by atoms with E-state index >= 15 is 0 Å². The first-order valence-corrected chi connectivity index (χ1v) is 6.56. The third kappa shape index (κ3) is 5.50. The fourth-order valence-corrected chi connectivity index (χ4v) is 1.71. The standard InChI is InChI=1S/C14H22N4O/c1-4-5-6-13(18-17-11(3)15)8-12-7-10(2)9-16-14(12)19/h5-6,8,10H,4,7,9H2,1-3H3,(H2,15,17)(H,16,19)/b6-5+,12-8+,18-13+. The van der Waals surface area contributed by atoms with Crippen LogP contribution in [0, 0.1) is 5.92 Å². The molecule has 104 valence electrons. The molecule has 1 amide bonds. The molecule has 1 unspecified atom stereocenters. The maximum Gasteiger partial charge on any atom is 0.247 e. The number of nitrogens with two attached hydrogens (primary N) is 1. The number of amidine groups is 1. The highest BCUT2D eigenvalue weighted by molar-refractivity contribution is 6.09. The Morgan fingerprint density at radius 1 is 1.53 bits per heavy atom. The highest BCUT2D eigenvalue weighted by atomic mass is 16.1. The van der Waals surface area contributed by atoms with Crippen molar-refractivity contribution in [2.45, 2.75) is 33.6 Å². The zero-order chi connectivity index (χ0) is 14.3. The highest BCUT2D eigenvalue weighted by Crippen LogP contribution is 2.16. The van der Waals surface area contributed by atoms with Gasteiger partial charge < -0.3 is 11.1 Å². The van der Waals surface area contributed by atoms with Crippen molar-refractivity contribution in [3.8, 4) is 0 Å². The van der Waals surface area contributed by atoms with Crippen LogP contribution >= 0.6 is 0 Å². The zero-order valence-electron chi connectivity index (χ0n) is 11.8. The second-order valence-corrected chi connectivity index (χ2v) is 4.77. The Morgan fingerprint density at radius 3 is 2.89 bits per heavy atom. The molecular weight excluding hydrogens is 240 g/mol. The van der Waals surface area contributed by atoms with Crippen LogP contribution in [0.3, 0.4) is 0 Å². The van der Waals surface area contributed by atoms with E-state index in [0.29, 0.717) is 17.5 Å². The molecule has 1 heterocycles. The molecule has 1 rings (SSSR count). The van der Waals surface area contributed by atoms with Crippen LogP contribution in [0.2, 0.25) is 0 Å². The number of amides is 1. The van der Waals surface area contributed by atoms with Gasteiger partial charge in [-0.15, -0.1) is 10.2 Å². The van der Waals surface area contributed by atoms with E-state index in [0.717, 1.165) is 25.0 Å². The number of hydrogen-bond donors (Lipinski definition) is 2. The van der Waals surface area contributed by atoms with Crippen molar-refractivity contribution < 1.29 is 4.79 Å². The molecule has 0 bridgehead atoms. The summed E-state index contributed by atoms with van der Waals surface area (Å²) in [6.07, 6.45) is 7.27. The number of nitrogens with zero attached hydrogens (tertiary/aromatic N) is 2. The Bertz CT molecular complexity index is 442. The first-order valence-electron chi connectivity index (χ1n) is 6.56. The summed E-state index contributed by atoms with van der Waals surface area (Å²) >= 11 is 0. The van der Waals surface area contributed by atoms with Crippen molar-refractivity contribution in [1.82, 2.24) is 5.32 Å². The van der Waals surface area contributed by atoms with Crippen LogP contribution in [0.15, 0.2) is 34.0 Å². The molecule has 1 atom stereocenters. The van der Waals surface area contributed by atoms with E-state index in [1.807, 2.05) is 19.1 Å². The van der Waals surface area contributed by atoms with Crippen molar-refractivity contribution in [2.24, 2.45) is 21.9 Å². The SMILES string of the molecule is CC/C=C/C(/C=C1\CC(C)CNC1=O)=N\N=C(/C)N. The van der Waals surface area contributed by atoms with Gasteiger partial charge in [-0.3, -0.25) is 4.79 Å². The Balaban J connectivity index is 2.97. The fraction of sp³-hybridized carbons (Fsp3) is 0.500. The number of nitrogens with one attached hydrogen (secondary N) is 1. The molecule has 1 aliphatic heterocycles. The minimum atomic E-state index is -0.0239. The number of carbonyl (C=O) groups excluding carboxylic acids is 1. The Morgan fingerprint density at radius 2 is 2.26 bits per heavy atom. The van der Waals surface area contributed by atoms with Gasteiger partial charge in [0.25, 0.3) is 0 Å². The van der Waals surface area contributed by atoms with E-state index in [-0.39, 0.29) is 5.91 Å². The van der Waals surface area contributed by atoms with Crippen molar-refractivity contribution in [1.29, 1.82) is 0 Å². The number of hydrogen-bond acceptors (Lipinski definition) is 3. The number of rotatable bonds is 4. The maximum atomic E-state index is 11.8. The van der Waals surface area contributed by atoms with E-state index in [9.17, 15) is 4.79 Å². The summed E-state index contributed by atoms with van der Waals surface area (Å²) in [5.74, 6) is 0.812. The van der Waals surface area contributed by atoms with Gasteiger partial charge in [-0.25, -0.2) is 0 Å². The van der Waals surface area contributed by atoms with E-state index in [2.05, 4.69) is 22.4 Å². The molecule has 5 nitrogen and oxygen atoms in total. The molecule has 1 saturated heterocycles. The molecule has 19 heavy (non-hydrogen) atoms. The summed E-state index contributed by atoms with van der Waals surface area (Å²) in [6.45, 7) is 6.54. The number of allylic oxidation sites excluding steroid dienone is 3. The van der Waals surface area contributed by atoms with Crippen LogP contribution in [0.1, 0.15) is 33.6 Å². The minimum Gasteiger partial charge on any atom is -0.386 e. The molecule has 0 aromatic rings. The maximum absolute atomic E-state index is 11.8. The predicted molar refractivity (Wildman–Crippen MR) is 79.0 cm³/mol. The summed E-state index contributed by atoms with van der Waals surface area (Å²) < 4.78 is 0. The average Bonchev–Trinajstić information content (AvgIpc) is 2.36. The Hall–Kier alpha value is -1.91. The van der Waals surface area contributed by atoms with Crippen molar-refractivity contribution >= 4 is 17.5 Å². The molecule has 3 N–H and O–H groups in total. The third-order valence-corrected chi connectivity index (χ3v) is 2.64. The lowest BCUT2D eigenvalue weighted by Gasteiger charge is -2.21. The van der Waals surface area contributed by atoms with Crippen LogP contribution in [-0.4, -0.2) is 24.0 Å². The van der Waals surface area contributed by atoms with E-state index < -0.39 is 0 Å². The van der Waals surface area contributed by atoms with Gasteiger partial charge >= 0.3 is 0 Å². The van der Waals surface area contributed by atoms with Gasteiger partial charge in [0, 0.05) is 12.1 Å². The zero-order valence-corrected chi connectivity index (χ0v) is 11.8. The third-order valence-electron chi connectivity index (χ3n) is 2.64. The lowest BCUT2D eigenvalue weighted by atomic mass is 9.95. The van der Waals surface area contributed by atoms with Gasteiger partial charge in [-0.05, 0) is 37.8 Å². The second-order valence-electron chi connectivity index (χ2n) is 4.77. The topological polar surface area (TPSA) is 79.8 Å². The molecule has 5 heteroatoms. The molecule has 0 aliphatic carbocycles. The molecule has 0 aromatic carbocycles. The Kier molecular flexibility index (Phi) is 5.99. The van der Waals surface area contributed by atoms with Crippen molar-refractivity contribution in [3.05, 3.63) is 23.8 Å². The van der Waals surface area contributed by atoms with Gasteiger partial charge in [-0.2, -0.15) is 0 Å². The van der Waals surface area contributed by atoms with Gasteiger partial charge in [0.2, 0.25) is 5.91 Å². The fourth-order valence-electron chi connectivity index (χ4n) is 1.71. The summed E-state index contributed by atoms with van der Waals surface area (Å²) in [5.41, 5.74) is 6.85. The molecule has 0 saturated carbocycles. The number of piperidine rings is 1. The van der Waals surface area contributed by atoms with Crippen LogP contribution in [-0.2, 0) is 4.79 Å². The number of carbonyl (C=O) groups is 1. The van der Waals surface area contributed by atoms with Crippen LogP contribution in [0.25, 0.3) is 0 Å². The van der Waals surface area contributed by atoms with Gasteiger partial charge in [-0.1, -0.05) is 19.9 Å². The first kappa shape index (κ1) is 15.1. The normalized spacial score (nSPS) is 24.1. The smallest absolute Gasteiger partial charge is 0.247 e. The molecule has 0 radical (unpaired) electrons. The van der Waals surface area contributed by atoms with E-state index in [4.69, 9.17) is 5.73 Å². The van der Waals surface area contributed by atoms with Crippen molar-refractivity contribution in [2.75, 3.05) is 6.54 Å². The lowest BCUT2D eigenvalue weighted by Crippen LogP contribution is -2.35. The summed E-state index contributed by atoms with van der Waals surface area (Å²) in [5, 5.41) is 10.8. The molecule has 1 aliphatic rings. The largest absolute Gasteiger partial charge is 0.386 e. The van der Waals surface area contributed by atoms with E-state index in [1.54, 1.807) is 13.0 Å². The Labute approximate surface area is 114 Å². The molecular formula is C14H22N4O. The summed E-state index contributed by atoms with van der Waals surface area (Å²) in [7, 11) is 0. The van der Waals surface area contributed by atoms with Crippen LogP contribution < -0.4 is 11.1 Å².